The van der Waals surface area contributed by atoms with Crippen molar-refractivity contribution in [1.82, 2.24) is 10.2 Å². The fourth-order valence-corrected chi connectivity index (χ4v) is 4.65. The number of rotatable bonds is 10. The van der Waals surface area contributed by atoms with Crippen molar-refractivity contribution in [2.75, 3.05) is 31.3 Å². The van der Waals surface area contributed by atoms with E-state index in [0.29, 0.717) is 27.8 Å². The SMILES string of the molecule is CC[C@@H](C(=O)NC)N(Cc1cccc(OC)c1)C(=O)CN(c1cc(C(F)(F)F)ccc1Cl)S(C)(=O)=O. The van der Waals surface area contributed by atoms with E-state index in [9.17, 15) is 31.2 Å². The number of carbonyl (C=O) groups excluding carboxylic acids is 2. The summed E-state index contributed by atoms with van der Waals surface area (Å²) in [5, 5.41) is 2.18. The van der Waals surface area contributed by atoms with Gasteiger partial charge in [-0.1, -0.05) is 30.7 Å². The summed E-state index contributed by atoms with van der Waals surface area (Å²) in [6, 6.07) is 7.92. The molecule has 2 aromatic rings. The third-order valence-corrected chi connectivity index (χ3v) is 6.79. The van der Waals surface area contributed by atoms with Gasteiger partial charge in [-0.2, -0.15) is 13.2 Å². The van der Waals surface area contributed by atoms with Gasteiger partial charge in [-0.3, -0.25) is 13.9 Å². The van der Waals surface area contributed by atoms with Gasteiger partial charge in [0.15, 0.2) is 0 Å². The normalized spacial score (nSPS) is 12.6. The molecule has 2 rings (SSSR count). The summed E-state index contributed by atoms with van der Waals surface area (Å²) < 4.78 is 70.8. The molecule has 0 bridgehead atoms. The molecule has 0 aliphatic rings. The van der Waals surface area contributed by atoms with E-state index in [0.717, 1.165) is 12.3 Å². The Bertz CT molecular complexity index is 1210. The second-order valence-electron chi connectivity index (χ2n) is 7.85. The number of anilines is 1. The van der Waals surface area contributed by atoms with Crippen LogP contribution in [0, 0.1) is 0 Å². The largest absolute Gasteiger partial charge is 0.497 e. The summed E-state index contributed by atoms with van der Waals surface area (Å²) in [7, 11) is -1.40. The molecule has 0 heterocycles. The molecule has 0 aliphatic heterocycles. The molecule has 0 spiro atoms. The van der Waals surface area contributed by atoms with Crippen molar-refractivity contribution in [3.8, 4) is 5.75 Å². The van der Waals surface area contributed by atoms with Crippen molar-refractivity contribution in [3.05, 3.63) is 58.6 Å². The number of hydrogen-bond acceptors (Lipinski definition) is 5. The zero-order valence-electron chi connectivity index (χ0n) is 20.1. The third kappa shape index (κ3) is 7.26. The molecular formula is C23H27ClF3N3O5S. The summed E-state index contributed by atoms with van der Waals surface area (Å²) >= 11 is 6.06. The van der Waals surface area contributed by atoms with E-state index in [1.165, 1.54) is 19.1 Å². The Balaban J connectivity index is 2.54. The van der Waals surface area contributed by atoms with E-state index in [-0.39, 0.29) is 18.0 Å². The van der Waals surface area contributed by atoms with E-state index in [1.54, 1.807) is 31.2 Å². The first-order valence-electron chi connectivity index (χ1n) is 10.7. The standard InChI is InChI=1S/C23H27ClF3N3O5S/c1-5-19(22(32)28-2)29(13-15-7-6-8-17(11-15)35-3)21(31)14-30(36(4,33)34)20-12-16(23(25,26)27)9-10-18(20)24/h6-12,19H,5,13-14H2,1-4H3,(H,28,32)/t19-/m0/s1. The Morgan fingerprint density at radius 3 is 2.36 bits per heavy atom. The Kier molecular flexibility index (Phi) is 9.61. The van der Waals surface area contributed by atoms with E-state index in [1.807, 2.05) is 0 Å². The highest BCUT2D eigenvalue weighted by atomic mass is 35.5. The van der Waals surface area contributed by atoms with Crippen molar-refractivity contribution >= 4 is 39.1 Å². The van der Waals surface area contributed by atoms with E-state index >= 15 is 0 Å². The smallest absolute Gasteiger partial charge is 0.416 e. The molecule has 0 fully saturated rings. The molecule has 8 nitrogen and oxygen atoms in total. The van der Waals surface area contributed by atoms with Crippen molar-refractivity contribution < 1.29 is 35.9 Å². The van der Waals surface area contributed by atoms with Crippen LogP contribution < -0.4 is 14.4 Å². The molecule has 36 heavy (non-hydrogen) atoms. The first-order chi connectivity index (χ1) is 16.7. The monoisotopic (exact) mass is 549 g/mol. The molecule has 0 saturated carbocycles. The first-order valence-corrected chi connectivity index (χ1v) is 12.9. The number of amides is 2. The number of likely N-dealkylation sites (N-methyl/N-ethyl adjacent to an activating group) is 1. The lowest BCUT2D eigenvalue weighted by atomic mass is 10.1. The Morgan fingerprint density at radius 1 is 1.17 bits per heavy atom. The van der Waals surface area contributed by atoms with E-state index in [2.05, 4.69) is 5.32 Å². The molecule has 0 aromatic heterocycles. The van der Waals surface area contributed by atoms with Gasteiger partial charge in [0.1, 0.15) is 18.3 Å². The molecule has 198 valence electrons. The van der Waals surface area contributed by atoms with Gasteiger partial charge < -0.3 is 15.0 Å². The maximum absolute atomic E-state index is 13.5. The van der Waals surface area contributed by atoms with Gasteiger partial charge in [0.25, 0.3) is 0 Å². The summed E-state index contributed by atoms with van der Waals surface area (Å²) in [6.45, 7) is 0.705. The maximum atomic E-state index is 13.5. The van der Waals surface area contributed by atoms with Crippen molar-refractivity contribution in [1.29, 1.82) is 0 Å². The van der Waals surface area contributed by atoms with Crippen molar-refractivity contribution in [2.45, 2.75) is 32.1 Å². The van der Waals surface area contributed by atoms with E-state index < -0.39 is 51.9 Å². The minimum absolute atomic E-state index is 0.0874. The van der Waals surface area contributed by atoms with Crippen LogP contribution >= 0.6 is 11.6 Å². The summed E-state index contributed by atoms with van der Waals surface area (Å²) in [4.78, 5) is 27.2. The highest BCUT2D eigenvalue weighted by Gasteiger charge is 2.35. The molecule has 1 N–H and O–H groups in total. The molecule has 0 radical (unpaired) electrons. The second kappa shape index (κ2) is 11.8. The van der Waals surface area contributed by atoms with Gasteiger partial charge in [-0.25, -0.2) is 8.42 Å². The Hall–Kier alpha value is -2.99. The molecular weight excluding hydrogens is 523 g/mol. The zero-order valence-corrected chi connectivity index (χ0v) is 21.7. The van der Waals surface area contributed by atoms with Gasteiger partial charge >= 0.3 is 6.18 Å². The molecule has 0 saturated heterocycles. The number of hydrogen-bond donors (Lipinski definition) is 1. The maximum Gasteiger partial charge on any atom is 0.416 e. The molecule has 2 amide bonds. The van der Waals surface area contributed by atoms with Gasteiger partial charge in [-0.15, -0.1) is 0 Å². The molecule has 0 aliphatic carbocycles. The highest BCUT2D eigenvalue weighted by Crippen LogP contribution is 2.36. The zero-order chi connectivity index (χ0) is 27.3. The van der Waals surface area contributed by atoms with Crippen LogP contribution in [0.15, 0.2) is 42.5 Å². The average Bonchev–Trinajstić information content (AvgIpc) is 2.81. The summed E-state index contributed by atoms with van der Waals surface area (Å²) in [5.74, 6) is -0.801. The molecule has 13 heteroatoms. The minimum atomic E-state index is -4.77. The fourth-order valence-electron chi connectivity index (χ4n) is 3.53. The Morgan fingerprint density at radius 2 is 1.83 bits per heavy atom. The quantitative estimate of drug-likeness (QED) is 0.488. The lowest BCUT2D eigenvalue weighted by Crippen LogP contribution is -2.51. The van der Waals surface area contributed by atoms with Crippen LogP contribution in [-0.4, -0.2) is 58.1 Å². The molecule has 2 aromatic carbocycles. The van der Waals surface area contributed by atoms with Crippen molar-refractivity contribution in [2.24, 2.45) is 0 Å². The lowest BCUT2D eigenvalue weighted by molar-refractivity contribution is -0.140. The van der Waals surface area contributed by atoms with Crippen LogP contribution in [0.4, 0.5) is 18.9 Å². The average molecular weight is 550 g/mol. The predicted octanol–water partition coefficient (Wildman–Crippen LogP) is 3.69. The van der Waals surface area contributed by atoms with Crippen LogP contribution in [0.1, 0.15) is 24.5 Å². The van der Waals surface area contributed by atoms with Crippen molar-refractivity contribution in [3.63, 3.8) is 0 Å². The van der Waals surface area contributed by atoms with Gasteiger partial charge in [-0.05, 0) is 42.3 Å². The summed E-state index contributed by atoms with van der Waals surface area (Å²) in [6.07, 6.45) is -3.82. The Labute approximate surface area is 213 Å². The molecule has 0 unspecified atom stereocenters. The predicted molar refractivity (Wildman–Crippen MR) is 130 cm³/mol. The van der Waals surface area contributed by atoms with Crippen LogP contribution in [0.3, 0.4) is 0 Å². The minimum Gasteiger partial charge on any atom is -0.497 e. The van der Waals surface area contributed by atoms with Crippen LogP contribution in [0.2, 0.25) is 5.02 Å². The fraction of sp³-hybridized carbons (Fsp3) is 0.391. The topological polar surface area (TPSA) is 96.0 Å². The second-order valence-corrected chi connectivity index (χ2v) is 10.2. The number of nitrogens with one attached hydrogen (secondary N) is 1. The number of ether oxygens (including phenoxy) is 1. The number of nitrogens with zero attached hydrogens (tertiary/aromatic N) is 2. The van der Waals surface area contributed by atoms with Crippen LogP contribution in [0.5, 0.6) is 5.75 Å². The first kappa shape index (κ1) is 29.2. The number of methoxy groups -OCH3 is 1. The van der Waals surface area contributed by atoms with E-state index in [4.69, 9.17) is 16.3 Å². The van der Waals surface area contributed by atoms with Gasteiger partial charge in [0.2, 0.25) is 21.8 Å². The number of alkyl halides is 3. The molecule has 1 atom stereocenters. The summed E-state index contributed by atoms with van der Waals surface area (Å²) in [5.41, 5.74) is -1.04. The number of halogens is 4. The number of carbonyl (C=O) groups is 2. The number of sulfonamides is 1. The van der Waals surface area contributed by atoms with Gasteiger partial charge in [0, 0.05) is 13.6 Å². The van der Waals surface area contributed by atoms with Crippen LogP contribution in [0.25, 0.3) is 0 Å². The lowest BCUT2D eigenvalue weighted by Gasteiger charge is -2.33. The van der Waals surface area contributed by atoms with Gasteiger partial charge in [0.05, 0.1) is 29.6 Å². The highest BCUT2D eigenvalue weighted by molar-refractivity contribution is 7.92. The van der Waals surface area contributed by atoms with Crippen LogP contribution in [-0.2, 0) is 32.3 Å². The number of benzene rings is 2. The third-order valence-electron chi connectivity index (χ3n) is 5.34.